The van der Waals surface area contributed by atoms with Crippen LogP contribution in [-0.4, -0.2) is 25.9 Å². The van der Waals surface area contributed by atoms with Crippen molar-refractivity contribution in [3.05, 3.63) is 59.2 Å². The quantitative estimate of drug-likeness (QED) is 0.581. The Kier molecular flexibility index (Phi) is 5.14. The Labute approximate surface area is 169 Å². The van der Waals surface area contributed by atoms with Crippen molar-refractivity contribution in [2.45, 2.75) is 52.5 Å². The van der Waals surface area contributed by atoms with Crippen molar-refractivity contribution in [2.24, 2.45) is 4.99 Å². The molecule has 0 aromatic heterocycles. The summed E-state index contributed by atoms with van der Waals surface area (Å²) in [7, 11) is 3.85. The number of likely N-dealkylation sites (N-methyl/N-ethyl adjacent to an activating group) is 1. The molecule has 148 valence electrons. The summed E-state index contributed by atoms with van der Waals surface area (Å²) >= 11 is 0. The molecule has 0 bridgehead atoms. The zero-order valence-electron chi connectivity index (χ0n) is 18.4. The number of nitrogens with zero attached hydrogens (tertiary/aromatic N) is 2. The second-order valence-corrected chi connectivity index (χ2v) is 9.21. The fourth-order valence-corrected chi connectivity index (χ4v) is 3.66. The first-order chi connectivity index (χ1) is 13.0. The van der Waals surface area contributed by atoms with E-state index in [-0.39, 0.29) is 11.0 Å². The lowest BCUT2D eigenvalue weighted by Gasteiger charge is -2.40. The summed E-state index contributed by atoms with van der Waals surface area (Å²) in [6, 6.07) is 12.8. The van der Waals surface area contributed by atoms with Crippen molar-refractivity contribution in [3.8, 4) is 5.75 Å². The minimum atomic E-state index is -0.0213. The first kappa shape index (κ1) is 20.2. The third-order valence-electron chi connectivity index (χ3n) is 5.65. The van der Waals surface area contributed by atoms with E-state index in [1.165, 1.54) is 22.4 Å². The maximum atomic E-state index is 5.68. The van der Waals surface area contributed by atoms with Gasteiger partial charge in [-0.05, 0) is 55.5 Å². The molecule has 28 heavy (non-hydrogen) atoms. The van der Waals surface area contributed by atoms with Crippen molar-refractivity contribution >= 4 is 23.2 Å². The minimum absolute atomic E-state index is 0.0213. The highest BCUT2D eigenvalue weighted by Crippen LogP contribution is 2.41. The van der Waals surface area contributed by atoms with Crippen LogP contribution in [0, 0.1) is 0 Å². The van der Waals surface area contributed by atoms with E-state index in [1.807, 2.05) is 6.21 Å². The number of hydrogen-bond donors (Lipinski definition) is 0. The lowest BCUT2D eigenvalue weighted by molar-refractivity contribution is 0.414. The van der Waals surface area contributed by atoms with Gasteiger partial charge < -0.3 is 9.64 Å². The first-order valence-electron chi connectivity index (χ1n) is 9.83. The van der Waals surface area contributed by atoms with Gasteiger partial charge in [-0.15, -0.1) is 0 Å². The fraction of sp³-hybridized carbons (Fsp3) is 0.400. The molecule has 0 unspecified atom stereocenters. The number of allylic oxidation sites excluding steroid dienone is 1. The summed E-state index contributed by atoms with van der Waals surface area (Å²) in [5, 5.41) is 0. The third-order valence-corrected chi connectivity index (χ3v) is 5.65. The lowest BCUT2D eigenvalue weighted by atomic mass is 9.87. The van der Waals surface area contributed by atoms with Crippen LogP contribution < -0.4 is 9.64 Å². The second kappa shape index (κ2) is 7.12. The smallest absolute Gasteiger partial charge is 0.129 e. The zero-order chi connectivity index (χ0) is 20.7. The molecule has 0 aliphatic carbocycles. The van der Waals surface area contributed by atoms with Crippen LogP contribution in [0.1, 0.15) is 58.2 Å². The van der Waals surface area contributed by atoms with Gasteiger partial charge in [0.1, 0.15) is 5.75 Å². The molecule has 0 radical (unpaired) electrons. The number of anilines is 1. The van der Waals surface area contributed by atoms with Crippen LogP contribution in [0.2, 0.25) is 0 Å². The molecule has 1 aliphatic rings. The van der Waals surface area contributed by atoms with Crippen molar-refractivity contribution in [1.82, 2.24) is 0 Å². The van der Waals surface area contributed by atoms with Gasteiger partial charge in [-0.3, -0.25) is 4.99 Å². The van der Waals surface area contributed by atoms with Gasteiger partial charge in [0.25, 0.3) is 0 Å². The minimum Gasteiger partial charge on any atom is -0.496 e. The van der Waals surface area contributed by atoms with E-state index in [4.69, 9.17) is 9.73 Å². The molecule has 3 rings (SSSR count). The third kappa shape index (κ3) is 3.84. The predicted octanol–water partition coefficient (Wildman–Crippen LogP) is 6.38. The normalized spacial score (nSPS) is 16.1. The lowest BCUT2D eigenvalue weighted by Crippen LogP contribution is -2.42. The summed E-state index contributed by atoms with van der Waals surface area (Å²) in [6.07, 6.45) is 4.21. The van der Waals surface area contributed by atoms with Crippen LogP contribution in [0.25, 0.3) is 5.57 Å². The molecule has 0 fully saturated rings. The SMILES string of the molecule is COc1cc2c(cc1C=Nc1ccc(C(C)(C)C)cc1)C(C)=CC(C)(C)N2C. The van der Waals surface area contributed by atoms with Gasteiger partial charge in [0, 0.05) is 36.1 Å². The molecular weight excluding hydrogens is 344 g/mol. The highest BCUT2D eigenvalue weighted by Gasteiger charge is 2.29. The van der Waals surface area contributed by atoms with E-state index >= 15 is 0 Å². The molecule has 3 nitrogen and oxygen atoms in total. The van der Waals surface area contributed by atoms with Crippen molar-refractivity contribution in [2.75, 3.05) is 19.1 Å². The Morgan fingerprint density at radius 3 is 2.29 bits per heavy atom. The maximum Gasteiger partial charge on any atom is 0.129 e. The molecule has 1 aliphatic heterocycles. The topological polar surface area (TPSA) is 24.8 Å². The zero-order valence-corrected chi connectivity index (χ0v) is 18.4. The largest absolute Gasteiger partial charge is 0.496 e. The molecular formula is C25H32N2O. The highest BCUT2D eigenvalue weighted by atomic mass is 16.5. The molecule has 0 saturated carbocycles. The Morgan fingerprint density at radius 2 is 1.71 bits per heavy atom. The number of ether oxygens (including phenoxy) is 1. The standard InChI is InChI=1S/C25H32N2O/c1-17-15-25(5,6)27(7)22-14-23(28-8)18(13-21(17)22)16-26-20-11-9-19(10-12-20)24(2,3)4/h9-16H,1-8H3. The van der Waals surface area contributed by atoms with Gasteiger partial charge in [-0.2, -0.15) is 0 Å². The van der Waals surface area contributed by atoms with E-state index in [9.17, 15) is 0 Å². The molecule has 2 aromatic carbocycles. The summed E-state index contributed by atoms with van der Waals surface area (Å²) in [5.41, 5.74) is 7.07. The Hall–Kier alpha value is -2.55. The van der Waals surface area contributed by atoms with Gasteiger partial charge in [-0.25, -0.2) is 0 Å². The Morgan fingerprint density at radius 1 is 1.07 bits per heavy atom. The number of aliphatic imine (C=N–C) groups is 1. The summed E-state index contributed by atoms with van der Waals surface area (Å²) in [4.78, 5) is 6.99. The summed E-state index contributed by atoms with van der Waals surface area (Å²) in [5.74, 6) is 0.839. The van der Waals surface area contributed by atoms with Crippen LogP contribution in [0.15, 0.2) is 47.5 Å². The predicted molar refractivity (Wildman–Crippen MR) is 122 cm³/mol. The van der Waals surface area contributed by atoms with Crippen LogP contribution in [0.5, 0.6) is 5.75 Å². The number of hydrogen-bond acceptors (Lipinski definition) is 3. The molecule has 0 saturated heterocycles. The molecule has 0 N–H and O–H groups in total. The van der Waals surface area contributed by atoms with E-state index < -0.39 is 0 Å². The fourth-order valence-electron chi connectivity index (χ4n) is 3.66. The van der Waals surface area contributed by atoms with Gasteiger partial charge in [0.2, 0.25) is 0 Å². The molecule has 3 heteroatoms. The van der Waals surface area contributed by atoms with Crippen LogP contribution in [0.3, 0.4) is 0 Å². The summed E-state index contributed by atoms with van der Waals surface area (Å²) in [6.45, 7) is 13.3. The average Bonchev–Trinajstić information content (AvgIpc) is 2.63. The second-order valence-electron chi connectivity index (χ2n) is 9.21. The van der Waals surface area contributed by atoms with Gasteiger partial charge in [-0.1, -0.05) is 39.0 Å². The number of rotatable bonds is 3. The van der Waals surface area contributed by atoms with Crippen molar-refractivity contribution < 1.29 is 4.74 Å². The van der Waals surface area contributed by atoms with Crippen LogP contribution in [-0.2, 0) is 5.41 Å². The van der Waals surface area contributed by atoms with Crippen molar-refractivity contribution in [3.63, 3.8) is 0 Å². The van der Waals surface area contributed by atoms with E-state index in [2.05, 4.69) is 96.0 Å². The Bertz CT molecular complexity index is 928. The number of methoxy groups -OCH3 is 1. The molecule has 0 spiro atoms. The summed E-state index contributed by atoms with van der Waals surface area (Å²) < 4.78 is 5.68. The maximum absolute atomic E-state index is 5.68. The Balaban J connectivity index is 1.97. The van der Waals surface area contributed by atoms with E-state index in [0.717, 1.165) is 17.0 Å². The van der Waals surface area contributed by atoms with Crippen LogP contribution in [0.4, 0.5) is 11.4 Å². The van der Waals surface area contributed by atoms with E-state index in [1.54, 1.807) is 7.11 Å². The average molecular weight is 377 g/mol. The van der Waals surface area contributed by atoms with Gasteiger partial charge >= 0.3 is 0 Å². The van der Waals surface area contributed by atoms with Crippen molar-refractivity contribution in [1.29, 1.82) is 0 Å². The van der Waals surface area contributed by atoms with Gasteiger partial charge in [0.15, 0.2) is 0 Å². The molecule has 0 atom stereocenters. The van der Waals surface area contributed by atoms with Crippen LogP contribution >= 0.6 is 0 Å². The first-order valence-corrected chi connectivity index (χ1v) is 9.83. The number of fused-ring (bicyclic) bond motifs is 1. The highest BCUT2D eigenvalue weighted by molar-refractivity contribution is 5.91. The van der Waals surface area contributed by atoms with E-state index in [0.29, 0.717) is 0 Å². The van der Waals surface area contributed by atoms with Gasteiger partial charge in [0.05, 0.1) is 18.3 Å². The molecule has 2 aromatic rings. The monoisotopic (exact) mass is 376 g/mol. The molecule has 0 amide bonds. The molecule has 1 heterocycles. The number of benzene rings is 2.